The Kier molecular flexibility index (Phi) is 8.09. The summed E-state index contributed by atoms with van der Waals surface area (Å²) >= 11 is 0. The third-order valence-corrected chi connectivity index (χ3v) is 6.97. The Morgan fingerprint density at radius 3 is 2.61 bits per heavy atom. The number of alkyl halides is 3. The standard InChI is InChI=1S/C30H27F4N5O5/c1-16-20(17(2)25-26(24(16)31)44-22(13-42-25)19-5-6-23(41-4)36-11-19)12-39-15-38-21-9-18(10-37-27(21)39)7-8-29(3,35)14-43-28(40)30(32,33)34/h5-6,9-11,15,22H,12-14,35H2,1-4H3. The molecular formula is C30H27F4N5O5. The minimum absolute atomic E-state index is 0.0349. The number of methoxy groups -OCH3 is 1. The number of carbonyl (C=O) groups excluding carboxylic acids is 1. The number of benzene rings is 1. The smallest absolute Gasteiger partial charge is 0.485 e. The first-order valence-corrected chi connectivity index (χ1v) is 13.2. The van der Waals surface area contributed by atoms with Crippen LogP contribution in [-0.2, 0) is 16.1 Å². The minimum Gasteiger partial charge on any atom is -0.485 e. The number of halogens is 4. The normalized spacial score (nSPS) is 15.7. The number of imidazole rings is 1. The van der Waals surface area contributed by atoms with Crippen molar-refractivity contribution in [2.45, 2.75) is 45.1 Å². The first-order chi connectivity index (χ1) is 20.8. The van der Waals surface area contributed by atoms with Crippen LogP contribution in [0.25, 0.3) is 11.2 Å². The molecule has 0 radical (unpaired) electrons. The van der Waals surface area contributed by atoms with Crippen LogP contribution in [0.15, 0.2) is 36.9 Å². The van der Waals surface area contributed by atoms with Crippen molar-refractivity contribution in [2.24, 2.45) is 5.73 Å². The summed E-state index contributed by atoms with van der Waals surface area (Å²) in [5, 5.41) is 0. The summed E-state index contributed by atoms with van der Waals surface area (Å²) in [5.41, 5.74) is 8.18. The molecule has 5 rings (SSSR count). The van der Waals surface area contributed by atoms with Gasteiger partial charge in [0.2, 0.25) is 5.88 Å². The van der Waals surface area contributed by atoms with Gasteiger partial charge < -0.3 is 29.2 Å². The number of pyridine rings is 2. The molecule has 2 atom stereocenters. The largest absolute Gasteiger partial charge is 0.490 e. The van der Waals surface area contributed by atoms with E-state index in [1.54, 1.807) is 42.2 Å². The summed E-state index contributed by atoms with van der Waals surface area (Å²) in [4.78, 5) is 24.0. The maximum atomic E-state index is 15.7. The van der Waals surface area contributed by atoms with E-state index in [1.807, 2.05) is 6.92 Å². The van der Waals surface area contributed by atoms with Crippen LogP contribution in [0.1, 0.15) is 40.8 Å². The van der Waals surface area contributed by atoms with Gasteiger partial charge in [-0.25, -0.2) is 24.1 Å². The lowest BCUT2D eigenvalue weighted by Crippen LogP contribution is -2.42. The van der Waals surface area contributed by atoms with Crippen molar-refractivity contribution < 1.29 is 41.3 Å². The molecule has 14 heteroatoms. The van der Waals surface area contributed by atoms with E-state index in [2.05, 4.69) is 31.5 Å². The van der Waals surface area contributed by atoms with Gasteiger partial charge in [-0.2, -0.15) is 13.2 Å². The molecule has 44 heavy (non-hydrogen) atoms. The van der Waals surface area contributed by atoms with Crippen molar-refractivity contribution in [3.63, 3.8) is 0 Å². The van der Waals surface area contributed by atoms with Crippen LogP contribution in [0, 0.1) is 31.5 Å². The second kappa shape index (κ2) is 11.6. The van der Waals surface area contributed by atoms with E-state index in [4.69, 9.17) is 19.9 Å². The lowest BCUT2D eigenvalue weighted by atomic mass is 9.99. The maximum Gasteiger partial charge on any atom is 0.490 e. The average molecular weight is 614 g/mol. The van der Waals surface area contributed by atoms with Gasteiger partial charge in [-0.3, -0.25) is 0 Å². The number of aromatic nitrogens is 4. The zero-order valence-electron chi connectivity index (χ0n) is 24.1. The number of ether oxygens (including phenoxy) is 4. The molecular weight excluding hydrogens is 586 g/mol. The van der Waals surface area contributed by atoms with Gasteiger partial charge >= 0.3 is 12.1 Å². The van der Waals surface area contributed by atoms with Crippen LogP contribution >= 0.6 is 0 Å². The Morgan fingerprint density at radius 1 is 1.16 bits per heavy atom. The van der Waals surface area contributed by atoms with Gasteiger partial charge in [-0.05, 0) is 44.0 Å². The SMILES string of the molecule is COc1ccc(C2COc3c(C)c(Cn4cnc5cc(C#CC(C)(N)COC(=O)C(F)(F)F)cnc54)c(C)c(F)c3O2)cn1. The fraction of sp³-hybridized carbons (Fsp3) is 0.333. The van der Waals surface area contributed by atoms with E-state index >= 15 is 4.39 Å². The van der Waals surface area contributed by atoms with E-state index in [0.717, 1.165) is 5.56 Å². The fourth-order valence-electron chi connectivity index (χ4n) is 4.56. The molecule has 0 fully saturated rings. The van der Waals surface area contributed by atoms with E-state index in [0.29, 0.717) is 45.0 Å². The van der Waals surface area contributed by atoms with Crippen molar-refractivity contribution >= 4 is 17.1 Å². The molecule has 4 aromatic rings. The van der Waals surface area contributed by atoms with Crippen LogP contribution < -0.4 is 19.9 Å². The van der Waals surface area contributed by atoms with Gasteiger partial charge in [0.15, 0.2) is 29.1 Å². The van der Waals surface area contributed by atoms with Crippen LogP contribution in [0.2, 0.25) is 0 Å². The minimum atomic E-state index is -5.13. The van der Waals surface area contributed by atoms with Crippen molar-refractivity contribution in [2.75, 3.05) is 20.3 Å². The number of carbonyl (C=O) groups is 1. The van der Waals surface area contributed by atoms with Gasteiger partial charge in [0.1, 0.15) is 24.3 Å². The highest BCUT2D eigenvalue weighted by Gasteiger charge is 2.41. The number of rotatable bonds is 6. The first kappa shape index (κ1) is 30.6. The molecule has 0 bridgehead atoms. The molecule has 0 saturated heterocycles. The zero-order valence-corrected chi connectivity index (χ0v) is 24.1. The highest BCUT2D eigenvalue weighted by Crippen LogP contribution is 2.44. The second-order valence-corrected chi connectivity index (χ2v) is 10.4. The number of nitrogens with zero attached hydrogens (tertiary/aromatic N) is 4. The summed E-state index contributed by atoms with van der Waals surface area (Å²) in [6.07, 6.45) is -1.07. The molecule has 4 heterocycles. The van der Waals surface area contributed by atoms with Crippen molar-refractivity contribution in [3.8, 4) is 29.2 Å². The van der Waals surface area contributed by atoms with Crippen LogP contribution in [0.3, 0.4) is 0 Å². The Bertz CT molecular complexity index is 1790. The fourth-order valence-corrected chi connectivity index (χ4v) is 4.56. The molecule has 3 aromatic heterocycles. The van der Waals surface area contributed by atoms with Gasteiger partial charge in [0.25, 0.3) is 0 Å². The summed E-state index contributed by atoms with van der Waals surface area (Å²) in [5.74, 6) is 3.25. The van der Waals surface area contributed by atoms with Gasteiger partial charge in [-0.15, -0.1) is 0 Å². The monoisotopic (exact) mass is 613 g/mol. The third kappa shape index (κ3) is 6.23. The molecule has 2 N–H and O–H groups in total. The lowest BCUT2D eigenvalue weighted by Gasteiger charge is -2.30. The molecule has 1 aromatic carbocycles. The quantitative estimate of drug-likeness (QED) is 0.192. The summed E-state index contributed by atoms with van der Waals surface area (Å²) < 4.78 is 75.9. The number of fused-ring (bicyclic) bond motifs is 2. The highest BCUT2D eigenvalue weighted by molar-refractivity contribution is 5.75. The second-order valence-electron chi connectivity index (χ2n) is 10.4. The zero-order chi connectivity index (χ0) is 31.8. The summed E-state index contributed by atoms with van der Waals surface area (Å²) in [6.45, 7) is 4.46. The van der Waals surface area contributed by atoms with Crippen LogP contribution in [0.4, 0.5) is 17.6 Å². The molecule has 0 spiro atoms. The van der Waals surface area contributed by atoms with E-state index in [9.17, 15) is 18.0 Å². The predicted molar refractivity (Wildman–Crippen MR) is 149 cm³/mol. The Labute approximate surface area is 249 Å². The molecule has 0 saturated carbocycles. The highest BCUT2D eigenvalue weighted by atomic mass is 19.4. The van der Waals surface area contributed by atoms with Crippen molar-refractivity contribution in [1.82, 2.24) is 19.5 Å². The number of nitrogens with two attached hydrogens (primary N) is 1. The van der Waals surface area contributed by atoms with E-state index < -0.39 is 36.2 Å². The maximum absolute atomic E-state index is 15.7. The summed E-state index contributed by atoms with van der Waals surface area (Å²) in [6, 6.07) is 5.11. The molecule has 10 nitrogen and oxygen atoms in total. The van der Waals surface area contributed by atoms with Crippen molar-refractivity contribution in [3.05, 3.63) is 70.6 Å². The van der Waals surface area contributed by atoms with Crippen LogP contribution in [0.5, 0.6) is 17.4 Å². The molecule has 2 unspecified atom stereocenters. The molecule has 230 valence electrons. The van der Waals surface area contributed by atoms with E-state index in [-0.39, 0.29) is 18.9 Å². The molecule has 1 aliphatic rings. The van der Waals surface area contributed by atoms with Crippen LogP contribution in [-0.4, -0.2) is 57.5 Å². The first-order valence-electron chi connectivity index (χ1n) is 13.2. The molecule has 0 amide bonds. The van der Waals surface area contributed by atoms with Gasteiger partial charge in [-0.1, -0.05) is 11.8 Å². The van der Waals surface area contributed by atoms with Gasteiger partial charge in [0.05, 0.1) is 20.0 Å². The summed E-state index contributed by atoms with van der Waals surface area (Å²) in [7, 11) is 1.52. The Morgan fingerprint density at radius 2 is 1.93 bits per heavy atom. The number of esters is 1. The Balaban J connectivity index is 1.34. The molecule has 1 aliphatic heterocycles. The van der Waals surface area contributed by atoms with E-state index in [1.165, 1.54) is 20.2 Å². The molecule has 0 aliphatic carbocycles. The lowest BCUT2D eigenvalue weighted by molar-refractivity contribution is -0.200. The number of hydrogen-bond donors (Lipinski definition) is 1. The number of hydrogen-bond acceptors (Lipinski definition) is 9. The van der Waals surface area contributed by atoms with Gasteiger partial charge in [0, 0.05) is 35.2 Å². The predicted octanol–water partition coefficient (Wildman–Crippen LogP) is 4.33. The average Bonchev–Trinajstić information content (AvgIpc) is 3.41. The third-order valence-electron chi connectivity index (χ3n) is 6.97. The topological polar surface area (TPSA) is 124 Å². The Hall–Kier alpha value is -4.90. The van der Waals surface area contributed by atoms with Crippen molar-refractivity contribution in [1.29, 1.82) is 0 Å².